The van der Waals surface area contributed by atoms with Crippen molar-refractivity contribution in [2.24, 2.45) is 0 Å². The lowest BCUT2D eigenvalue weighted by Gasteiger charge is -2.24. The summed E-state index contributed by atoms with van der Waals surface area (Å²) >= 11 is 0. The van der Waals surface area contributed by atoms with Gasteiger partial charge in [-0.1, -0.05) is 119 Å². The van der Waals surface area contributed by atoms with Crippen LogP contribution in [0, 0.1) is 0 Å². The molecule has 0 aliphatic heterocycles. The van der Waals surface area contributed by atoms with E-state index in [0.717, 1.165) is 44.6 Å². The van der Waals surface area contributed by atoms with E-state index in [0.29, 0.717) is 21.5 Å². The van der Waals surface area contributed by atoms with Crippen LogP contribution in [0.4, 0.5) is 0 Å². The van der Waals surface area contributed by atoms with Gasteiger partial charge in [0.05, 0.1) is 22.1 Å². The summed E-state index contributed by atoms with van der Waals surface area (Å²) in [4.78, 5) is 29.4. The van der Waals surface area contributed by atoms with Crippen molar-refractivity contribution < 1.29 is 0 Å². The lowest BCUT2D eigenvalue weighted by molar-refractivity contribution is 0.590. The maximum atomic E-state index is 14.7. The molecule has 52 heavy (non-hydrogen) atoms. The molecule has 0 saturated heterocycles. The van der Waals surface area contributed by atoms with E-state index >= 15 is 0 Å². The molecule has 4 heteroatoms. The van der Waals surface area contributed by atoms with Crippen molar-refractivity contribution >= 4 is 43.6 Å². The Bertz CT molecular complexity index is 2480. The van der Waals surface area contributed by atoms with Crippen LogP contribution in [0.3, 0.4) is 0 Å². The zero-order valence-electron chi connectivity index (χ0n) is 32.9. The number of benzene rings is 5. The highest BCUT2D eigenvalue weighted by molar-refractivity contribution is 6.05. The quantitative estimate of drug-likeness (QED) is 0.170. The third-order valence-corrected chi connectivity index (χ3v) is 10.8. The first-order valence-electron chi connectivity index (χ1n) is 18.5. The first-order chi connectivity index (χ1) is 24.1. The number of pyridine rings is 2. The van der Waals surface area contributed by atoms with Crippen molar-refractivity contribution in [3.05, 3.63) is 140 Å². The van der Waals surface area contributed by atoms with Crippen molar-refractivity contribution in [3.8, 4) is 11.4 Å². The standard InChI is InChI=1S/C48H52N2O2/c1-45(2,3)29-13-19-33(20-14-29)49-39-23-17-31(47(7,8)9)25-35(39)43(51)37-27-38-42(28-41(37)49)50(34-21-15-30(16-22-34)46(4,5)6)40-24-18-32(48(10,11)12)26-36(40)44(38)52/h13-28H,1-12H3. The molecule has 0 saturated carbocycles. The molecule has 0 unspecified atom stereocenters. The molecule has 4 nitrogen and oxygen atoms in total. The molecule has 2 aromatic heterocycles. The SMILES string of the molecule is CC(C)(C)c1ccc(-n2c3ccc(C(C)(C)C)cc3c(=O)c3cc4c(=O)c5cc(C(C)(C)C)ccc5n(-c5ccc(C(C)(C)C)cc5)c4cc32)cc1. The van der Waals surface area contributed by atoms with Gasteiger partial charge in [0.1, 0.15) is 0 Å². The Hall–Kier alpha value is -4.96. The normalized spacial score (nSPS) is 13.2. The Morgan fingerprint density at radius 3 is 0.923 bits per heavy atom. The minimum absolute atomic E-state index is 0.00343. The van der Waals surface area contributed by atoms with Gasteiger partial charge in [0.15, 0.2) is 10.9 Å². The molecule has 0 fully saturated rings. The second-order valence-corrected chi connectivity index (χ2v) is 18.8. The van der Waals surface area contributed by atoms with E-state index in [1.807, 2.05) is 18.2 Å². The highest BCUT2D eigenvalue weighted by atomic mass is 16.1. The van der Waals surface area contributed by atoms with Gasteiger partial charge in [0.2, 0.25) is 0 Å². The van der Waals surface area contributed by atoms with Crippen LogP contribution < -0.4 is 10.9 Å². The van der Waals surface area contributed by atoms with Gasteiger partial charge in [-0.3, -0.25) is 9.59 Å². The summed E-state index contributed by atoms with van der Waals surface area (Å²) in [6, 6.07) is 33.8. The molecular weight excluding hydrogens is 637 g/mol. The van der Waals surface area contributed by atoms with Gasteiger partial charge < -0.3 is 9.13 Å². The molecule has 0 amide bonds. The smallest absolute Gasteiger partial charge is 0.197 e. The highest BCUT2D eigenvalue weighted by Gasteiger charge is 2.23. The summed E-state index contributed by atoms with van der Waals surface area (Å²) in [7, 11) is 0. The van der Waals surface area contributed by atoms with Crippen LogP contribution in [0.15, 0.2) is 107 Å². The molecule has 0 spiro atoms. The van der Waals surface area contributed by atoms with Crippen LogP contribution in [0.1, 0.15) is 105 Å². The number of rotatable bonds is 2. The predicted molar refractivity (Wildman–Crippen MR) is 222 cm³/mol. The predicted octanol–water partition coefficient (Wildman–Crippen LogP) is 11.8. The van der Waals surface area contributed by atoms with Crippen molar-refractivity contribution in [2.45, 2.75) is 105 Å². The summed E-state index contributed by atoms with van der Waals surface area (Å²) in [6.07, 6.45) is 0. The molecule has 0 radical (unpaired) electrons. The Balaban J connectivity index is 1.68. The lowest BCUT2D eigenvalue weighted by atomic mass is 9.86. The van der Waals surface area contributed by atoms with E-state index < -0.39 is 0 Å². The number of hydrogen-bond donors (Lipinski definition) is 0. The molecular formula is C48H52N2O2. The van der Waals surface area contributed by atoms with Crippen LogP contribution in [0.25, 0.3) is 55.0 Å². The average Bonchev–Trinajstić information content (AvgIpc) is 3.06. The summed E-state index contributed by atoms with van der Waals surface area (Å²) in [5, 5.41) is 2.36. The van der Waals surface area contributed by atoms with E-state index in [2.05, 4.69) is 171 Å². The third-order valence-electron chi connectivity index (χ3n) is 10.8. The molecule has 7 rings (SSSR count). The third kappa shape index (κ3) is 5.96. The Labute approximate surface area is 307 Å². The molecule has 2 heterocycles. The van der Waals surface area contributed by atoms with Gasteiger partial charge in [0, 0.05) is 32.9 Å². The number of aromatic nitrogens is 2. The average molecular weight is 689 g/mol. The van der Waals surface area contributed by atoms with Gasteiger partial charge in [-0.2, -0.15) is 0 Å². The van der Waals surface area contributed by atoms with Crippen LogP contribution in [0.5, 0.6) is 0 Å². The van der Waals surface area contributed by atoms with E-state index in [9.17, 15) is 9.59 Å². The van der Waals surface area contributed by atoms with Crippen molar-refractivity contribution in [2.75, 3.05) is 0 Å². The van der Waals surface area contributed by atoms with E-state index in [1.54, 1.807) is 0 Å². The lowest BCUT2D eigenvalue weighted by Crippen LogP contribution is -2.17. The fourth-order valence-electron chi connectivity index (χ4n) is 7.40. The van der Waals surface area contributed by atoms with Gasteiger partial charge >= 0.3 is 0 Å². The first-order valence-corrected chi connectivity index (χ1v) is 18.5. The van der Waals surface area contributed by atoms with E-state index in [-0.39, 0.29) is 32.5 Å². The second-order valence-electron chi connectivity index (χ2n) is 18.8. The molecule has 0 aliphatic rings. The molecule has 0 aliphatic carbocycles. The summed E-state index contributed by atoms with van der Waals surface area (Å²) < 4.78 is 4.41. The van der Waals surface area contributed by atoms with Gasteiger partial charge in [-0.15, -0.1) is 0 Å². The van der Waals surface area contributed by atoms with Crippen LogP contribution in [-0.4, -0.2) is 9.13 Å². The van der Waals surface area contributed by atoms with Crippen molar-refractivity contribution in [1.29, 1.82) is 0 Å². The van der Waals surface area contributed by atoms with Gasteiger partial charge in [0.25, 0.3) is 0 Å². The molecule has 0 atom stereocenters. The summed E-state index contributed by atoms with van der Waals surface area (Å²) in [5.41, 5.74) is 9.37. The molecule has 7 aromatic rings. The topological polar surface area (TPSA) is 44.0 Å². The molecule has 0 N–H and O–H groups in total. The Kier molecular flexibility index (Phi) is 8.03. The van der Waals surface area contributed by atoms with Crippen molar-refractivity contribution in [3.63, 3.8) is 0 Å². The number of nitrogens with zero attached hydrogens (tertiary/aromatic N) is 2. The van der Waals surface area contributed by atoms with Gasteiger partial charge in [-0.25, -0.2) is 0 Å². The monoisotopic (exact) mass is 688 g/mol. The first kappa shape index (κ1) is 35.4. The number of fused-ring (bicyclic) bond motifs is 4. The second kappa shape index (κ2) is 11.8. The molecule has 266 valence electrons. The van der Waals surface area contributed by atoms with E-state index in [1.165, 1.54) is 11.1 Å². The largest absolute Gasteiger partial charge is 0.309 e. The maximum Gasteiger partial charge on any atom is 0.197 e. The van der Waals surface area contributed by atoms with Gasteiger partial charge in [-0.05, 0) is 105 Å². The zero-order valence-corrected chi connectivity index (χ0v) is 32.9. The molecule has 0 bridgehead atoms. The molecule has 5 aromatic carbocycles. The Morgan fingerprint density at radius 2 is 0.615 bits per heavy atom. The fraction of sp³-hybridized carbons (Fsp3) is 0.333. The highest BCUT2D eigenvalue weighted by Crippen LogP contribution is 2.35. The Morgan fingerprint density at radius 1 is 0.327 bits per heavy atom. The summed E-state index contributed by atoms with van der Waals surface area (Å²) in [5.74, 6) is 0. The van der Waals surface area contributed by atoms with Crippen molar-refractivity contribution in [1.82, 2.24) is 9.13 Å². The fourth-order valence-corrected chi connectivity index (χ4v) is 7.40. The van der Waals surface area contributed by atoms with Crippen LogP contribution >= 0.6 is 0 Å². The maximum absolute atomic E-state index is 14.7. The summed E-state index contributed by atoms with van der Waals surface area (Å²) in [6.45, 7) is 26.3. The number of hydrogen-bond acceptors (Lipinski definition) is 2. The van der Waals surface area contributed by atoms with Crippen LogP contribution in [-0.2, 0) is 21.7 Å². The minimum Gasteiger partial charge on any atom is -0.309 e. The minimum atomic E-state index is -0.141. The zero-order chi connectivity index (χ0) is 37.7. The van der Waals surface area contributed by atoms with Crippen LogP contribution in [0.2, 0.25) is 0 Å². The van der Waals surface area contributed by atoms with E-state index in [4.69, 9.17) is 0 Å².